The maximum Gasteiger partial charge on any atom is 0.313 e. The lowest BCUT2D eigenvalue weighted by molar-refractivity contribution is -0.118. The normalized spacial score (nSPS) is 11.7. The molecule has 7 heteroatoms. The fourth-order valence-corrected chi connectivity index (χ4v) is 1.88. The van der Waals surface area contributed by atoms with E-state index in [9.17, 15) is 9.59 Å². The number of aromatic amines is 1. The molecule has 1 aromatic carbocycles. The van der Waals surface area contributed by atoms with E-state index in [1.807, 2.05) is 19.9 Å². The van der Waals surface area contributed by atoms with Crippen LogP contribution in [0.3, 0.4) is 0 Å². The number of urea groups is 1. The topological polar surface area (TPSA) is 113 Å². The van der Waals surface area contributed by atoms with Crippen LogP contribution < -0.4 is 16.4 Å². The number of hydrogen-bond acceptors (Lipinski definition) is 3. The molecule has 0 fully saturated rings. The van der Waals surface area contributed by atoms with Gasteiger partial charge in [0.15, 0.2) is 5.82 Å². The maximum atomic E-state index is 12.4. The first-order valence-corrected chi connectivity index (χ1v) is 6.42. The van der Waals surface area contributed by atoms with E-state index in [0.29, 0.717) is 11.4 Å². The highest BCUT2D eigenvalue weighted by Gasteiger charge is 2.23. The van der Waals surface area contributed by atoms with Crippen LogP contribution in [-0.4, -0.2) is 22.1 Å². The predicted molar refractivity (Wildman–Crippen MR) is 78.6 cm³/mol. The van der Waals surface area contributed by atoms with Crippen LogP contribution in [0.25, 0.3) is 0 Å². The molecular formula is C14H17N5O2. The number of carbonyl (C=O) groups is 2. The average Bonchev–Trinajstić information content (AvgIpc) is 2.77. The Hall–Kier alpha value is -2.83. The van der Waals surface area contributed by atoms with Crippen LogP contribution in [-0.2, 0) is 4.79 Å². The van der Waals surface area contributed by atoms with E-state index in [1.54, 1.807) is 24.3 Å². The molecular weight excluding hydrogens is 270 g/mol. The Morgan fingerprint density at radius 3 is 2.43 bits per heavy atom. The molecule has 7 nitrogen and oxygen atoms in total. The third kappa shape index (κ3) is 3.38. The number of hydrogen-bond donors (Lipinski definition) is 4. The molecule has 0 saturated carbocycles. The van der Waals surface area contributed by atoms with E-state index in [2.05, 4.69) is 20.8 Å². The van der Waals surface area contributed by atoms with Crippen LogP contribution in [0.2, 0.25) is 0 Å². The summed E-state index contributed by atoms with van der Waals surface area (Å²) < 4.78 is 0. The summed E-state index contributed by atoms with van der Waals surface area (Å²) in [5.74, 6) is 0.0271. The molecule has 1 aromatic heterocycles. The lowest BCUT2D eigenvalue weighted by Gasteiger charge is -2.17. The van der Waals surface area contributed by atoms with Crippen LogP contribution in [0, 0.1) is 13.8 Å². The second-order valence-corrected chi connectivity index (χ2v) is 4.66. The number of nitrogens with zero attached hydrogens (tertiary/aromatic N) is 1. The zero-order valence-corrected chi connectivity index (χ0v) is 11.8. The fraction of sp³-hybridized carbons (Fsp3) is 0.214. The van der Waals surface area contributed by atoms with Crippen molar-refractivity contribution in [2.24, 2.45) is 5.73 Å². The monoisotopic (exact) mass is 287 g/mol. The van der Waals surface area contributed by atoms with Crippen molar-refractivity contribution in [1.82, 2.24) is 15.5 Å². The second kappa shape index (κ2) is 6.08. The Balaban J connectivity index is 2.22. The van der Waals surface area contributed by atoms with Gasteiger partial charge in [-0.25, -0.2) is 4.79 Å². The van der Waals surface area contributed by atoms with E-state index in [1.165, 1.54) is 0 Å². The van der Waals surface area contributed by atoms with Crippen molar-refractivity contribution in [3.8, 4) is 0 Å². The first kappa shape index (κ1) is 14.6. The molecule has 0 aliphatic carbocycles. The third-order valence-corrected chi connectivity index (χ3v) is 3.18. The SMILES string of the molecule is Cc1[nH]nc(NC(=O)C(NC(N)=O)c2ccccc2)c1C. The highest BCUT2D eigenvalue weighted by molar-refractivity contribution is 5.97. The molecule has 110 valence electrons. The molecule has 0 spiro atoms. The number of H-pyrrole nitrogens is 1. The third-order valence-electron chi connectivity index (χ3n) is 3.18. The van der Waals surface area contributed by atoms with E-state index < -0.39 is 18.0 Å². The number of carbonyl (C=O) groups excluding carboxylic acids is 2. The zero-order chi connectivity index (χ0) is 15.4. The van der Waals surface area contributed by atoms with Gasteiger partial charge in [-0.3, -0.25) is 9.89 Å². The Bertz CT molecular complexity index is 651. The van der Waals surface area contributed by atoms with Crippen molar-refractivity contribution in [2.45, 2.75) is 19.9 Å². The largest absolute Gasteiger partial charge is 0.352 e. The average molecular weight is 287 g/mol. The maximum absolute atomic E-state index is 12.4. The van der Waals surface area contributed by atoms with Crippen LogP contribution in [0.15, 0.2) is 30.3 Å². The summed E-state index contributed by atoms with van der Waals surface area (Å²) in [7, 11) is 0. The number of nitrogens with one attached hydrogen (secondary N) is 3. The summed E-state index contributed by atoms with van der Waals surface area (Å²) in [4.78, 5) is 23.5. The minimum Gasteiger partial charge on any atom is -0.352 e. The van der Waals surface area contributed by atoms with Gasteiger partial charge in [-0.15, -0.1) is 0 Å². The summed E-state index contributed by atoms with van der Waals surface area (Å²) in [6.07, 6.45) is 0. The van der Waals surface area contributed by atoms with E-state index >= 15 is 0 Å². The molecule has 5 N–H and O–H groups in total. The van der Waals surface area contributed by atoms with Gasteiger partial charge in [-0.1, -0.05) is 30.3 Å². The van der Waals surface area contributed by atoms with Gasteiger partial charge in [-0.05, 0) is 19.4 Å². The van der Waals surface area contributed by atoms with Gasteiger partial charge in [0.1, 0.15) is 6.04 Å². The van der Waals surface area contributed by atoms with Crippen molar-refractivity contribution in [3.05, 3.63) is 47.2 Å². The number of amides is 3. The highest BCUT2D eigenvalue weighted by Crippen LogP contribution is 2.18. The van der Waals surface area contributed by atoms with Gasteiger partial charge in [0.05, 0.1) is 0 Å². The van der Waals surface area contributed by atoms with Gasteiger partial charge in [0, 0.05) is 11.3 Å². The quantitative estimate of drug-likeness (QED) is 0.681. The molecule has 2 rings (SSSR count). The summed E-state index contributed by atoms with van der Waals surface area (Å²) in [5.41, 5.74) is 7.49. The molecule has 0 aliphatic heterocycles. The van der Waals surface area contributed by atoms with Gasteiger partial charge >= 0.3 is 6.03 Å². The standard InChI is InChI=1S/C14H17N5O2/c1-8-9(2)18-19-12(8)17-13(20)11(16-14(15)21)10-6-4-3-5-7-10/h3-7,11H,1-2H3,(H3,15,16,21)(H2,17,18,19,20). The van der Waals surface area contributed by atoms with Crippen molar-refractivity contribution >= 4 is 17.8 Å². The molecule has 3 amide bonds. The van der Waals surface area contributed by atoms with Crippen LogP contribution in [0.5, 0.6) is 0 Å². The lowest BCUT2D eigenvalue weighted by Crippen LogP contribution is -2.39. The summed E-state index contributed by atoms with van der Waals surface area (Å²) >= 11 is 0. The molecule has 21 heavy (non-hydrogen) atoms. The second-order valence-electron chi connectivity index (χ2n) is 4.66. The van der Waals surface area contributed by atoms with Gasteiger partial charge in [0.2, 0.25) is 0 Å². The fourth-order valence-electron chi connectivity index (χ4n) is 1.88. The number of rotatable bonds is 4. The van der Waals surface area contributed by atoms with Crippen molar-refractivity contribution < 1.29 is 9.59 Å². The molecule has 2 aromatic rings. The number of nitrogens with two attached hydrogens (primary N) is 1. The van der Waals surface area contributed by atoms with Crippen LogP contribution in [0.4, 0.5) is 10.6 Å². The molecule has 1 heterocycles. The summed E-state index contributed by atoms with van der Waals surface area (Å²) in [5, 5.41) is 11.9. The number of aromatic nitrogens is 2. The summed E-state index contributed by atoms with van der Waals surface area (Å²) in [6.45, 7) is 3.70. The van der Waals surface area contributed by atoms with Crippen molar-refractivity contribution in [2.75, 3.05) is 5.32 Å². The van der Waals surface area contributed by atoms with Gasteiger partial charge in [0.25, 0.3) is 5.91 Å². The number of primary amides is 1. The number of benzene rings is 1. The Morgan fingerprint density at radius 1 is 1.24 bits per heavy atom. The Kier molecular flexibility index (Phi) is 4.22. The number of aryl methyl sites for hydroxylation is 1. The van der Waals surface area contributed by atoms with E-state index in [-0.39, 0.29) is 0 Å². The smallest absolute Gasteiger partial charge is 0.313 e. The van der Waals surface area contributed by atoms with Crippen molar-refractivity contribution in [1.29, 1.82) is 0 Å². The highest BCUT2D eigenvalue weighted by atomic mass is 16.2. The van der Waals surface area contributed by atoms with Crippen LogP contribution in [0.1, 0.15) is 22.9 Å². The Morgan fingerprint density at radius 2 is 1.90 bits per heavy atom. The molecule has 0 bridgehead atoms. The van der Waals surface area contributed by atoms with Gasteiger partial charge in [-0.2, -0.15) is 5.10 Å². The zero-order valence-electron chi connectivity index (χ0n) is 11.8. The molecule has 1 unspecified atom stereocenters. The first-order valence-electron chi connectivity index (χ1n) is 6.42. The van der Waals surface area contributed by atoms with E-state index in [4.69, 9.17) is 5.73 Å². The molecule has 0 saturated heterocycles. The van der Waals surface area contributed by atoms with Gasteiger partial charge < -0.3 is 16.4 Å². The first-order chi connectivity index (χ1) is 9.99. The Labute approximate surface area is 121 Å². The molecule has 0 aliphatic rings. The number of anilines is 1. The minimum atomic E-state index is -0.875. The van der Waals surface area contributed by atoms with Crippen molar-refractivity contribution in [3.63, 3.8) is 0 Å². The minimum absolute atomic E-state index is 0.408. The predicted octanol–water partition coefficient (Wildman–Crippen LogP) is 1.37. The molecule has 0 radical (unpaired) electrons. The lowest BCUT2D eigenvalue weighted by atomic mass is 10.1. The summed E-state index contributed by atoms with van der Waals surface area (Å²) in [6, 6.07) is 7.22. The molecule has 1 atom stereocenters. The van der Waals surface area contributed by atoms with E-state index in [0.717, 1.165) is 11.3 Å². The van der Waals surface area contributed by atoms with Crippen LogP contribution >= 0.6 is 0 Å².